The SMILES string of the molecule is CCC(C)CC(N)c1cnccc1C. The highest BCUT2D eigenvalue weighted by Crippen LogP contribution is 2.22. The first kappa shape index (κ1) is 11.2. The second kappa shape index (κ2) is 5.11. The van der Waals surface area contributed by atoms with Gasteiger partial charge in [-0.3, -0.25) is 4.98 Å². The molecule has 0 saturated heterocycles. The fourth-order valence-corrected chi connectivity index (χ4v) is 1.59. The Morgan fingerprint density at radius 1 is 1.50 bits per heavy atom. The molecule has 0 spiro atoms. The third-order valence-corrected chi connectivity index (χ3v) is 2.83. The van der Waals surface area contributed by atoms with Crippen LogP contribution in [0.3, 0.4) is 0 Å². The molecule has 0 bridgehead atoms. The molecule has 0 aliphatic rings. The summed E-state index contributed by atoms with van der Waals surface area (Å²) in [7, 11) is 0. The molecule has 1 heterocycles. The van der Waals surface area contributed by atoms with Crippen LogP contribution in [0.2, 0.25) is 0 Å². The smallest absolute Gasteiger partial charge is 0.0318 e. The molecule has 2 atom stereocenters. The lowest BCUT2D eigenvalue weighted by Crippen LogP contribution is -2.15. The average molecular weight is 192 g/mol. The molecule has 0 aromatic carbocycles. The summed E-state index contributed by atoms with van der Waals surface area (Å²) < 4.78 is 0. The summed E-state index contributed by atoms with van der Waals surface area (Å²) >= 11 is 0. The molecule has 1 aromatic rings. The van der Waals surface area contributed by atoms with E-state index in [0.717, 1.165) is 6.42 Å². The number of aryl methyl sites for hydroxylation is 1. The molecule has 2 N–H and O–H groups in total. The van der Waals surface area contributed by atoms with E-state index in [1.165, 1.54) is 17.5 Å². The Hall–Kier alpha value is -0.890. The zero-order chi connectivity index (χ0) is 10.6. The predicted octanol–water partition coefficient (Wildman–Crippen LogP) is 2.83. The van der Waals surface area contributed by atoms with Crippen LogP contribution in [0.25, 0.3) is 0 Å². The number of rotatable bonds is 4. The van der Waals surface area contributed by atoms with Gasteiger partial charge in [0, 0.05) is 18.4 Å². The minimum atomic E-state index is 0.138. The Labute approximate surface area is 86.5 Å². The normalized spacial score (nSPS) is 15.1. The Kier molecular flexibility index (Phi) is 4.08. The van der Waals surface area contributed by atoms with Crippen molar-refractivity contribution in [3.63, 3.8) is 0 Å². The minimum absolute atomic E-state index is 0.138. The maximum absolute atomic E-state index is 6.13. The van der Waals surface area contributed by atoms with E-state index >= 15 is 0 Å². The van der Waals surface area contributed by atoms with E-state index in [2.05, 4.69) is 25.8 Å². The van der Waals surface area contributed by atoms with Crippen molar-refractivity contribution in [3.8, 4) is 0 Å². The largest absolute Gasteiger partial charge is 0.324 e. The van der Waals surface area contributed by atoms with E-state index in [0.29, 0.717) is 5.92 Å². The van der Waals surface area contributed by atoms with Gasteiger partial charge in [-0.1, -0.05) is 20.3 Å². The van der Waals surface area contributed by atoms with Crippen LogP contribution >= 0.6 is 0 Å². The molecule has 14 heavy (non-hydrogen) atoms. The Bertz CT molecular complexity index is 283. The predicted molar refractivity (Wildman–Crippen MR) is 60.0 cm³/mol. The molecule has 1 rings (SSSR count). The van der Waals surface area contributed by atoms with Crippen molar-refractivity contribution < 1.29 is 0 Å². The Morgan fingerprint density at radius 3 is 2.79 bits per heavy atom. The van der Waals surface area contributed by atoms with E-state index in [1.54, 1.807) is 0 Å². The summed E-state index contributed by atoms with van der Waals surface area (Å²) in [6.45, 7) is 6.53. The monoisotopic (exact) mass is 192 g/mol. The van der Waals surface area contributed by atoms with Gasteiger partial charge in [0.2, 0.25) is 0 Å². The van der Waals surface area contributed by atoms with Crippen LogP contribution in [0.5, 0.6) is 0 Å². The Balaban J connectivity index is 2.69. The van der Waals surface area contributed by atoms with Crippen molar-refractivity contribution in [1.82, 2.24) is 4.98 Å². The number of nitrogens with zero attached hydrogens (tertiary/aromatic N) is 1. The van der Waals surface area contributed by atoms with Crippen molar-refractivity contribution in [2.45, 2.75) is 39.7 Å². The zero-order valence-corrected chi connectivity index (χ0v) is 9.33. The van der Waals surface area contributed by atoms with Crippen molar-refractivity contribution >= 4 is 0 Å². The number of pyridine rings is 1. The van der Waals surface area contributed by atoms with Crippen LogP contribution in [-0.2, 0) is 0 Å². The summed E-state index contributed by atoms with van der Waals surface area (Å²) in [4.78, 5) is 4.12. The van der Waals surface area contributed by atoms with Crippen LogP contribution in [0.1, 0.15) is 43.9 Å². The molecule has 78 valence electrons. The summed E-state index contributed by atoms with van der Waals surface area (Å²) in [6.07, 6.45) is 5.94. The maximum atomic E-state index is 6.13. The molecule has 2 unspecified atom stereocenters. The first-order chi connectivity index (χ1) is 6.65. The molecular formula is C12H20N2. The number of nitrogens with two attached hydrogens (primary N) is 1. The van der Waals surface area contributed by atoms with E-state index in [1.807, 2.05) is 18.5 Å². The molecule has 0 aliphatic carbocycles. The molecule has 2 heteroatoms. The number of hydrogen-bond donors (Lipinski definition) is 1. The third kappa shape index (κ3) is 2.81. The summed E-state index contributed by atoms with van der Waals surface area (Å²) in [6, 6.07) is 2.16. The summed E-state index contributed by atoms with van der Waals surface area (Å²) in [5.41, 5.74) is 8.57. The average Bonchev–Trinajstić information content (AvgIpc) is 2.18. The van der Waals surface area contributed by atoms with Crippen molar-refractivity contribution in [3.05, 3.63) is 29.6 Å². The van der Waals surface area contributed by atoms with Crippen LogP contribution in [0, 0.1) is 12.8 Å². The van der Waals surface area contributed by atoms with Gasteiger partial charge < -0.3 is 5.73 Å². The van der Waals surface area contributed by atoms with Crippen molar-refractivity contribution in [2.75, 3.05) is 0 Å². The van der Waals surface area contributed by atoms with Gasteiger partial charge in [0.05, 0.1) is 0 Å². The molecular weight excluding hydrogens is 172 g/mol. The van der Waals surface area contributed by atoms with Gasteiger partial charge in [0.15, 0.2) is 0 Å². The fraction of sp³-hybridized carbons (Fsp3) is 0.583. The quantitative estimate of drug-likeness (QED) is 0.796. The van der Waals surface area contributed by atoms with Gasteiger partial charge >= 0.3 is 0 Å². The van der Waals surface area contributed by atoms with Gasteiger partial charge in [0.1, 0.15) is 0 Å². The highest BCUT2D eigenvalue weighted by atomic mass is 14.7. The fourth-order valence-electron chi connectivity index (χ4n) is 1.59. The maximum Gasteiger partial charge on any atom is 0.0318 e. The number of hydrogen-bond acceptors (Lipinski definition) is 2. The van der Waals surface area contributed by atoms with Gasteiger partial charge in [-0.25, -0.2) is 0 Å². The van der Waals surface area contributed by atoms with E-state index in [4.69, 9.17) is 5.73 Å². The van der Waals surface area contributed by atoms with Crippen molar-refractivity contribution in [1.29, 1.82) is 0 Å². The van der Waals surface area contributed by atoms with Crippen molar-refractivity contribution in [2.24, 2.45) is 11.7 Å². The molecule has 1 aromatic heterocycles. The molecule has 0 saturated carbocycles. The van der Waals surface area contributed by atoms with Crippen LogP contribution in [0.4, 0.5) is 0 Å². The third-order valence-electron chi connectivity index (χ3n) is 2.83. The number of aromatic nitrogens is 1. The van der Waals surface area contributed by atoms with Crippen LogP contribution < -0.4 is 5.73 Å². The zero-order valence-electron chi connectivity index (χ0n) is 9.33. The first-order valence-electron chi connectivity index (χ1n) is 5.31. The van der Waals surface area contributed by atoms with Crippen LogP contribution in [-0.4, -0.2) is 4.98 Å². The standard InChI is InChI=1S/C12H20N2/c1-4-9(2)7-12(13)11-8-14-6-5-10(11)3/h5-6,8-9,12H,4,7,13H2,1-3H3. The molecule has 2 nitrogen and oxygen atoms in total. The minimum Gasteiger partial charge on any atom is -0.324 e. The lowest BCUT2D eigenvalue weighted by atomic mass is 9.94. The molecule has 0 amide bonds. The van der Waals surface area contributed by atoms with Gasteiger partial charge in [-0.15, -0.1) is 0 Å². The molecule has 0 fully saturated rings. The first-order valence-corrected chi connectivity index (χ1v) is 5.31. The second-order valence-corrected chi connectivity index (χ2v) is 4.09. The molecule has 0 radical (unpaired) electrons. The van der Waals surface area contributed by atoms with Gasteiger partial charge in [-0.05, 0) is 36.5 Å². The summed E-state index contributed by atoms with van der Waals surface area (Å²) in [5, 5.41) is 0. The van der Waals surface area contributed by atoms with E-state index in [9.17, 15) is 0 Å². The van der Waals surface area contributed by atoms with E-state index < -0.39 is 0 Å². The second-order valence-electron chi connectivity index (χ2n) is 4.09. The van der Waals surface area contributed by atoms with E-state index in [-0.39, 0.29) is 6.04 Å². The molecule has 0 aliphatic heterocycles. The summed E-state index contributed by atoms with van der Waals surface area (Å²) in [5.74, 6) is 0.685. The lowest BCUT2D eigenvalue weighted by molar-refractivity contribution is 0.460. The van der Waals surface area contributed by atoms with Crippen LogP contribution in [0.15, 0.2) is 18.5 Å². The Morgan fingerprint density at radius 2 is 2.21 bits per heavy atom. The topological polar surface area (TPSA) is 38.9 Å². The van der Waals surface area contributed by atoms with Gasteiger partial charge in [-0.2, -0.15) is 0 Å². The van der Waals surface area contributed by atoms with Gasteiger partial charge in [0.25, 0.3) is 0 Å². The highest BCUT2D eigenvalue weighted by molar-refractivity contribution is 5.24. The highest BCUT2D eigenvalue weighted by Gasteiger charge is 2.11. The lowest BCUT2D eigenvalue weighted by Gasteiger charge is -2.17.